The summed E-state index contributed by atoms with van der Waals surface area (Å²) < 4.78 is 14.1. The first-order valence-electron chi connectivity index (χ1n) is 9.44. The summed E-state index contributed by atoms with van der Waals surface area (Å²) in [5, 5.41) is 14.2. The van der Waals surface area contributed by atoms with Crippen LogP contribution in [0.2, 0.25) is 0 Å². The third-order valence-electron chi connectivity index (χ3n) is 4.68. The maximum absolute atomic E-state index is 14.1. The van der Waals surface area contributed by atoms with E-state index in [2.05, 4.69) is 15.6 Å². The highest BCUT2D eigenvalue weighted by Gasteiger charge is 2.25. The van der Waals surface area contributed by atoms with Crippen molar-refractivity contribution < 1.29 is 14.0 Å². The molecule has 0 radical (unpaired) electrons. The lowest BCUT2D eigenvalue weighted by Crippen LogP contribution is -2.45. The largest absolute Gasteiger partial charge is 0.346 e. The second-order valence-corrected chi connectivity index (χ2v) is 7.51. The predicted octanol–water partition coefficient (Wildman–Crippen LogP) is 2.38. The molecule has 2 N–H and O–H groups in total. The van der Waals surface area contributed by atoms with Crippen LogP contribution in [0.1, 0.15) is 35.3 Å². The maximum Gasteiger partial charge on any atom is 0.322 e. The number of halogens is 1. The lowest BCUT2D eigenvalue weighted by molar-refractivity contribution is -0.122. The quantitative estimate of drug-likeness (QED) is 0.761. The van der Waals surface area contributed by atoms with E-state index in [4.69, 9.17) is 5.26 Å². The SMILES string of the molecule is C[C@@H](NC(=O)CN1Cc2cc(CN(C)C)ccc2NC1=O)c1ncc(C#N)cc1F. The Hall–Kier alpha value is -3.51. The van der Waals surface area contributed by atoms with E-state index < -0.39 is 17.8 Å². The number of hydrogen-bond donors (Lipinski definition) is 2. The molecule has 3 rings (SSSR count). The van der Waals surface area contributed by atoms with Crippen molar-refractivity contribution in [2.75, 3.05) is 26.0 Å². The minimum absolute atomic E-state index is 0.0316. The lowest BCUT2D eigenvalue weighted by atomic mass is 10.1. The first kappa shape index (κ1) is 21.2. The second-order valence-electron chi connectivity index (χ2n) is 7.51. The molecule has 3 amide bonds. The molecule has 2 heterocycles. The van der Waals surface area contributed by atoms with Crippen molar-refractivity contribution in [3.8, 4) is 6.07 Å². The van der Waals surface area contributed by atoms with E-state index in [1.807, 2.05) is 43.3 Å². The van der Waals surface area contributed by atoms with E-state index in [0.717, 1.165) is 29.4 Å². The molecule has 1 atom stereocenters. The molecule has 30 heavy (non-hydrogen) atoms. The molecule has 9 heteroatoms. The molecule has 0 saturated heterocycles. The van der Waals surface area contributed by atoms with Crippen LogP contribution in [0.4, 0.5) is 14.9 Å². The number of carbonyl (C=O) groups excluding carboxylic acids is 2. The molecular weight excluding hydrogens is 387 g/mol. The number of anilines is 1. The zero-order valence-electron chi connectivity index (χ0n) is 17.1. The number of nitrogens with zero attached hydrogens (tertiary/aromatic N) is 4. The number of fused-ring (bicyclic) bond motifs is 1. The summed E-state index contributed by atoms with van der Waals surface area (Å²) in [5.74, 6) is -1.10. The van der Waals surface area contributed by atoms with Gasteiger partial charge in [0.05, 0.1) is 23.8 Å². The molecule has 0 fully saturated rings. The Kier molecular flexibility index (Phi) is 6.28. The van der Waals surface area contributed by atoms with Gasteiger partial charge < -0.3 is 20.4 Å². The van der Waals surface area contributed by atoms with Crippen molar-refractivity contribution in [1.82, 2.24) is 20.1 Å². The summed E-state index contributed by atoms with van der Waals surface area (Å²) in [7, 11) is 3.95. The van der Waals surface area contributed by atoms with Gasteiger partial charge in [-0.25, -0.2) is 9.18 Å². The fourth-order valence-electron chi connectivity index (χ4n) is 3.32. The van der Waals surface area contributed by atoms with Gasteiger partial charge in [-0.05, 0) is 44.3 Å². The standard InChI is InChI=1S/C21H23FN6O2/c1-13(20-17(22)7-15(8-23)9-24-20)25-19(29)12-28-11-16-6-14(10-27(2)3)4-5-18(16)26-21(28)30/h4-7,9,13H,10-12H2,1-3H3,(H,25,29)(H,26,30)/t13-/m1/s1. The van der Waals surface area contributed by atoms with Crippen LogP contribution in [0.3, 0.4) is 0 Å². The average Bonchev–Trinajstić information content (AvgIpc) is 2.68. The summed E-state index contributed by atoms with van der Waals surface area (Å²) in [6, 6.07) is 7.65. The summed E-state index contributed by atoms with van der Waals surface area (Å²) in [6.07, 6.45) is 1.25. The topological polar surface area (TPSA) is 101 Å². The number of amides is 3. The molecule has 0 aliphatic carbocycles. The van der Waals surface area contributed by atoms with Gasteiger partial charge in [0.2, 0.25) is 5.91 Å². The van der Waals surface area contributed by atoms with Crippen LogP contribution in [0.5, 0.6) is 0 Å². The zero-order valence-corrected chi connectivity index (χ0v) is 17.1. The van der Waals surface area contributed by atoms with E-state index >= 15 is 0 Å². The molecule has 1 aliphatic heterocycles. The number of hydrogen-bond acceptors (Lipinski definition) is 5. The maximum atomic E-state index is 14.1. The third-order valence-corrected chi connectivity index (χ3v) is 4.68. The van der Waals surface area contributed by atoms with Crippen molar-refractivity contribution in [1.29, 1.82) is 5.26 Å². The Balaban J connectivity index is 1.65. The van der Waals surface area contributed by atoms with Crippen LogP contribution < -0.4 is 10.6 Å². The van der Waals surface area contributed by atoms with Gasteiger partial charge >= 0.3 is 6.03 Å². The number of aromatic nitrogens is 1. The minimum atomic E-state index is -0.711. The number of benzene rings is 1. The summed E-state index contributed by atoms with van der Waals surface area (Å²) in [6.45, 7) is 2.48. The van der Waals surface area contributed by atoms with Crippen LogP contribution in [0, 0.1) is 17.1 Å². The Morgan fingerprint density at radius 2 is 2.20 bits per heavy atom. The number of nitriles is 1. The van der Waals surface area contributed by atoms with Crippen molar-refractivity contribution in [2.24, 2.45) is 0 Å². The van der Waals surface area contributed by atoms with Crippen molar-refractivity contribution in [3.63, 3.8) is 0 Å². The van der Waals surface area contributed by atoms with E-state index in [1.54, 1.807) is 6.92 Å². The predicted molar refractivity (Wildman–Crippen MR) is 109 cm³/mol. The van der Waals surface area contributed by atoms with Gasteiger partial charge in [0.15, 0.2) is 0 Å². The van der Waals surface area contributed by atoms with Crippen LogP contribution in [-0.2, 0) is 17.9 Å². The summed E-state index contributed by atoms with van der Waals surface area (Å²) >= 11 is 0. The Labute approximate surface area is 174 Å². The van der Waals surface area contributed by atoms with E-state index in [9.17, 15) is 14.0 Å². The zero-order chi connectivity index (χ0) is 21.8. The molecular formula is C21H23FN6O2. The van der Waals surface area contributed by atoms with Gasteiger partial charge in [0.1, 0.15) is 18.4 Å². The van der Waals surface area contributed by atoms with Crippen molar-refractivity contribution in [2.45, 2.75) is 26.1 Å². The molecule has 2 aromatic rings. The molecule has 0 bridgehead atoms. The molecule has 8 nitrogen and oxygen atoms in total. The van der Waals surface area contributed by atoms with Crippen LogP contribution in [0.25, 0.3) is 0 Å². The molecule has 0 unspecified atom stereocenters. The molecule has 156 valence electrons. The van der Waals surface area contributed by atoms with Gasteiger partial charge in [0.25, 0.3) is 0 Å². The van der Waals surface area contributed by atoms with E-state index in [1.165, 1.54) is 11.1 Å². The highest BCUT2D eigenvalue weighted by Crippen LogP contribution is 2.25. The van der Waals surface area contributed by atoms with Gasteiger partial charge in [-0.1, -0.05) is 12.1 Å². The van der Waals surface area contributed by atoms with Crippen molar-refractivity contribution in [3.05, 3.63) is 58.7 Å². The van der Waals surface area contributed by atoms with Crippen LogP contribution in [0.15, 0.2) is 30.5 Å². The van der Waals surface area contributed by atoms with Gasteiger partial charge in [-0.15, -0.1) is 0 Å². The second kappa shape index (κ2) is 8.88. The number of carbonyl (C=O) groups is 2. The first-order valence-corrected chi connectivity index (χ1v) is 9.44. The normalized spacial score (nSPS) is 14.0. The Morgan fingerprint density at radius 3 is 2.87 bits per heavy atom. The molecule has 1 aromatic heterocycles. The van der Waals surface area contributed by atoms with Gasteiger partial charge in [-0.3, -0.25) is 9.78 Å². The number of rotatable bonds is 6. The molecule has 0 spiro atoms. The lowest BCUT2D eigenvalue weighted by Gasteiger charge is -2.29. The summed E-state index contributed by atoms with van der Waals surface area (Å²) in [4.78, 5) is 32.2. The van der Waals surface area contributed by atoms with E-state index in [0.29, 0.717) is 6.54 Å². The fourth-order valence-corrected chi connectivity index (χ4v) is 3.32. The van der Waals surface area contributed by atoms with Gasteiger partial charge in [0, 0.05) is 18.4 Å². The van der Waals surface area contributed by atoms with Crippen molar-refractivity contribution >= 4 is 17.6 Å². The number of nitrogens with one attached hydrogen (secondary N) is 2. The van der Waals surface area contributed by atoms with Gasteiger partial charge in [-0.2, -0.15) is 5.26 Å². The van der Waals surface area contributed by atoms with Crippen LogP contribution >= 0.6 is 0 Å². The monoisotopic (exact) mass is 410 g/mol. The summed E-state index contributed by atoms with van der Waals surface area (Å²) in [5.41, 5.74) is 2.90. The Bertz CT molecular complexity index is 1020. The molecule has 1 aromatic carbocycles. The van der Waals surface area contributed by atoms with E-state index in [-0.39, 0.29) is 23.8 Å². The smallest absolute Gasteiger partial charge is 0.322 e. The number of urea groups is 1. The highest BCUT2D eigenvalue weighted by molar-refractivity contribution is 5.94. The first-order chi connectivity index (χ1) is 14.3. The molecule has 0 saturated carbocycles. The fraction of sp³-hybridized carbons (Fsp3) is 0.333. The molecule has 1 aliphatic rings. The Morgan fingerprint density at radius 1 is 1.43 bits per heavy atom. The number of pyridine rings is 1. The average molecular weight is 410 g/mol. The minimum Gasteiger partial charge on any atom is -0.346 e. The highest BCUT2D eigenvalue weighted by atomic mass is 19.1. The van der Waals surface area contributed by atoms with Crippen LogP contribution in [-0.4, -0.2) is 47.4 Å². The third kappa shape index (κ3) is 4.90.